The van der Waals surface area contributed by atoms with Crippen LogP contribution in [0.3, 0.4) is 0 Å². The summed E-state index contributed by atoms with van der Waals surface area (Å²) in [5, 5.41) is 2.83. The van der Waals surface area contributed by atoms with Gasteiger partial charge in [-0.25, -0.2) is 8.42 Å². The van der Waals surface area contributed by atoms with Gasteiger partial charge in [-0.05, 0) is 37.0 Å². The van der Waals surface area contributed by atoms with Gasteiger partial charge in [0.05, 0.1) is 18.1 Å². The summed E-state index contributed by atoms with van der Waals surface area (Å²) >= 11 is 0. The van der Waals surface area contributed by atoms with Crippen molar-refractivity contribution in [2.75, 3.05) is 31.6 Å². The molecule has 7 heteroatoms. The minimum Gasteiger partial charge on any atom is -0.379 e. The molecule has 0 bridgehead atoms. The molecule has 0 radical (unpaired) electrons. The van der Waals surface area contributed by atoms with E-state index in [1.807, 2.05) is 6.92 Å². The molecule has 1 aromatic carbocycles. The average molecular weight is 338 g/mol. The highest BCUT2D eigenvalue weighted by atomic mass is 32.2. The molecule has 1 N–H and O–H groups in total. The van der Waals surface area contributed by atoms with E-state index >= 15 is 0 Å². The Kier molecular flexibility index (Phi) is 4.44. The van der Waals surface area contributed by atoms with Gasteiger partial charge >= 0.3 is 0 Å². The van der Waals surface area contributed by atoms with Gasteiger partial charge in [0.15, 0.2) is 0 Å². The minimum absolute atomic E-state index is 0.0314. The van der Waals surface area contributed by atoms with Crippen molar-refractivity contribution in [3.63, 3.8) is 0 Å². The Balaban J connectivity index is 1.83. The Labute approximate surface area is 136 Å². The predicted octanol–water partition coefficient (Wildman–Crippen LogP) is 1.61. The number of aryl methyl sites for hydroxylation is 1. The van der Waals surface area contributed by atoms with Crippen molar-refractivity contribution in [3.05, 3.63) is 23.8 Å². The second kappa shape index (κ2) is 6.22. The first kappa shape index (κ1) is 16.4. The highest BCUT2D eigenvalue weighted by molar-refractivity contribution is 7.89. The fourth-order valence-electron chi connectivity index (χ4n) is 2.80. The zero-order valence-electron chi connectivity index (χ0n) is 13.4. The molecule has 1 aliphatic carbocycles. The number of anilines is 1. The first-order valence-corrected chi connectivity index (χ1v) is 9.33. The van der Waals surface area contributed by atoms with Gasteiger partial charge in [0.1, 0.15) is 0 Å². The van der Waals surface area contributed by atoms with Crippen LogP contribution in [0.5, 0.6) is 0 Å². The molecule has 0 spiro atoms. The summed E-state index contributed by atoms with van der Waals surface area (Å²) in [6.07, 6.45) is 0.899. The molecule has 3 rings (SSSR count). The maximum Gasteiger partial charge on any atom is 0.243 e. The number of hydrogen-bond acceptors (Lipinski definition) is 4. The van der Waals surface area contributed by atoms with Crippen LogP contribution in [0.2, 0.25) is 0 Å². The molecule has 0 unspecified atom stereocenters. The van der Waals surface area contributed by atoms with Crippen LogP contribution in [0.15, 0.2) is 23.1 Å². The second-order valence-electron chi connectivity index (χ2n) is 6.31. The third kappa shape index (κ3) is 3.41. The Hall–Kier alpha value is -1.44. The number of benzene rings is 1. The van der Waals surface area contributed by atoms with Crippen molar-refractivity contribution < 1.29 is 17.9 Å². The number of sulfonamides is 1. The van der Waals surface area contributed by atoms with E-state index in [2.05, 4.69) is 5.32 Å². The molecule has 6 nitrogen and oxygen atoms in total. The molecule has 1 saturated heterocycles. The summed E-state index contributed by atoms with van der Waals surface area (Å²) in [5.41, 5.74) is 1.21. The molecule has 1 amide bonds. The van der Waals surface area contributed by atoms with Crippen LogP contribution in [0.1, 0.15) is 18.9 Å². The van der Waals surface area contributed by atoms with E-state index in [4.69, 9.17) is 4.74 Å². The summed E-state index contributed by atoms with van der Waals surface area (Å²) in [6, 6.07) is 5.04. The van der Waals surface area contributed by atoms with Crippen molar-refractivity contribution in [2.24, 2.45) is 11.8 Å². The first-order chi connectivity index (χ1) is 10.9. The smallest absolute Gasteiger partial charge is 0.243 e. The number of morpholine rings is 1. The summed E-state index contributed by atoms with van der Waals surface area (Å²) in [5.74, 6) is 0.434. The van der Waals surface area contributed by atoms with E-state index in [-0.39, 0.29) is 16.7 Å². The highest BCUT2D eigenvalue weighted by Crippen LogP contribution is 2.38. The van der Waals surface area contributed by atoms with E-state index in [9.17, 15) is 13.2 Å². The van der Waals surface area contributed by atoms with Crippen LogP contribution in [0, 0.1) is 18.8 Å². The first-order valence-electron chi connectivity index (χ1n) is 7.89. The molecule has 126 valence electrons. The van der Waals surface area contributed by atoms with Gasteiger partial charge in [-0.1, -0.05) is 13.0 Å². The number of carbonyl (C=O) groups excluding carboxylic acids is 1. The monoisotopic (exact) mass is 338 g/mol. The highest BCUT2D eigenvalue weighted by Gasteiger charge is 2.39. The fraction of sp³-hybridized carbons (Fsp3) is 0.562. The lowest BCUT2D eigenvalue weighted by atomic mass is 10.2. The Morgan fingerprint density at radius 2 is 1.96 bits per heavy atom. The van der Waals surface area contributed by atoms with Crippen molar-refractivity contribution in [1.29, 1.82) is 0 Å². The standard InChI is InChI=1S/C16H22N2O4S/c1-11-3-4-13(17-16(19)14-9-12(14)2)10-15(11)23(20,21)18-5-7-22-8-6-18/h3-4,10,12,14H,5-9H2,1-2H3,(H,17,19)/t12-,14-/m0/s1. The lowest BCUT2D eigenvalue weighted by Gasteiger charge is -2.26. The lowest BCUT2D eigenvalue weighted by Crippen LogP contribution is -2.40. The topological polar surface area (TPSA) is 75.7 Å². The number of hydrogen-bond donors (Lipinski definition) is 1. The van der Waals surface area contributed by atoms with Crippen molar-refractivity contribution in [1.82, 2.24) is 4.31 Å². The van der Waals surface area contributed by atoms with Crippen LogP contribution >= 0.6 is 0 Å². The van der Waals surface area contributed by atoms with Crippen LogP contribution in [-0.4, -0.2) is 44.9 Å². The number of nitrogens with zero attached hydrogens (tertiary/aromatic N) is 1. The number of rotatable bonds is 4. The zero-order chi connectivity index (χ0) is 16.6. The van der Waals surface area contributed by atoms with Gasteiger partial charge in [0.2, 0.25) is 15.9 Å². The molecule has 1 aromatic rings. The molecule has 0 aromatic heterocycles. The molecule has 2 fully saturated rings. The zero-order valence-corrected chi connectivity index (χ0v) is 14.2. The minimum atomic E-state index is -3.56. The van der Waals surface area contributed by atoms with E-state index in [0.29, 0.717) is 43.5 Å². The van der Waals surface area contributed by atoms with E-state index in [1.165, 1.54) is 4.31 Å². The van der Waals surface area contributed by atoms with Crippen LogP contribution < -0.4 is 5.32 Å². The summed E-state index contributed by atoms with van der Waals surface area (Å²) in [6.45, 7) is 5.34. The third-order valence-corrected chi connectivity index (χ3v) is 6.53. The summed E-state index contributed by atoms with van der Waals surface area (Å²) < 4.78 is 32.3. The van der Waals surface area contributed by atoms with Crippen LogP contribution in [-0.2, 0) is 19.6 Å². The van der Waals surface area contributed by atoms with Gasteiger partial charge < -0.3 is 10.1 Å². The van der Waals surface area contributed by atoms with E-state index in [0.717, 1.165) is 6.42 Å². The molecule has 23 heavy (non-hydrogen) atoms. The molecular weight excluding hydrogens is 316 g/mol. The number of nitrogens with one attached hydrogen (secondary N) is 1. The summed E-state index contributed by atoms with van der Waals surface area (Å²) in [7, 11) is -3.56. The maximum absolute atomic E-state index is 12.8. The van der Waals surface area contributed by atoms with Gasteiger partial charge in [-0.15, -0.1) is 0 Å². The van der Waals surface area contributed by atoms with Crippen LogP contribution in [0.25, 0.3) is 0 Å². The Morgan fingerprint density at radius 1 is 1.30 bits per heavy atom. The van der Waals surface area contributed by atoms with Crippen LogP contribution in [0.4, 0.5) is 5.69 Å². The number of ether oxygens (including phenoxy) is 1. The van der Waals surface area contributed by atoms with Crippen molar-refractivity contribution in [3.8, 4) is 0 Å². The molecular formula is C16H22N2O4S. The molecule has 2 atom stereocenters. The molecule has 1 heterocycles. The Bertz CT molecular complexity index is 711. The van der Waals surface area contributed by atoms with Crippen molar-refractivity contribution in [2.45, 2.75) is 25.2 Å². The lowest BCUT2D eigenvalue weighted by molar-refractivity contribution is -0.117. The largest absolute Gasteiger partial charge is 0.379 e. The molecule has 2 aliphatic rings. The second-order valence-corrected chi connectivity index (χ2v) is 8.21. The average Bonchev–Trinajstić information content (AvgIpc) is 3.27. The summed E-state index contributed by atoms with van der Waals surface area (Å²) in [4.78, 5) is 12.3. The van der Waals surface area contributed by atoms with Crippen molar-refractivity contribution >= 4 is 21.6 Å². The van der Waals surface area contributed by atoms with Gasteiger partial charge in [0.25, 0.3) is 0 Å². The van der Waals surface area contributed by atoms with Gasteiger partial charge in [-0.3, -0.25) is 4.79 Å². The quantitative estimate of drug-likeness (QED) is 0.905. The SMILES string of the molecule is Cc1ccc(NC(=O)[C@H]2C[C@@H]2C)cc1S(=O)(=O)N1CCOCC1. The predicted molar refractivity (Wildman–Crippen MR) is 86.7 cm³/mol. The maximum atomic E-state index is 12.8. The third-order valence-electron chi connectivity index (χ3n) is 4.49. The normalized spacial score (nSPS) is 25.1. The Morgan fingerprint density at radius 3 is 2.57 bits per heavy atom. The fourth-order valence-corrected chi connectivity index (χ4v) is 4.46. The molecule has 1 aliphatic heterocycles. The van der Waals surface area contributed by atoms with E-state index in [1.54, 1.807) is 25.1 Å². The van der Waals surface area contributed by atoms with Gasteiger partial charge in [-0.2, -0.15) is 4.31 Å². The van der Waals surface area contributed by atoms with Gasteiger partial charge in [0, 0.05) is 24.7 Å². The van der Waals surface area contributed by atoms with E-state index < -0.39 is 10.0 Å². The molecule has 1 saturated carbocycles. The number of carbonyl (C=O) groups is 1. The number of amides is 1.